The van der Waals surface area contributed by atoms with Gasteiger partial charge in [0.2, 0.25) is 5.88 Å². The first-order valence-corrected chi connectivity index (χ1v) is 13.3. The van der Waals surface area contributed by atoms with Crippen LogP contribution in [0.3, 0.4) is 0 Å². The third-order valence-electron chi connectivity index (χ3n) is 7.55. The van der Waals surface area contributed by atoms with E-state index in [1.807, 2.05) is 60.7 Å². The van der Waals surface area contributed by atoms with E-state index >= 15 is 0 Å². The van der Waals surface area contributed by atoms with E-state index in [0.717, 1.165) is 41.3 Å². The summed E-state index contributed by atoms with van der Waals surface area (Å²) in [5.41, 5.74) is 9.12. The van der Waals surface area contributed by atoms with E-state index in [1.54, 1.807) is 6.20 Å². The maximum atomic E-state index is 6.65. The molecule has 3 aromatic carbocycles. The molecule has 0 amide bonds. The highest BCUT2D eigenvalue weighted by molar-refractivity contribution is 6.33. The number of nitrogens with two attached hydrogens (primary N) is 1. The van der Waals surface area contributed by atoms with E-state index in [9.17, 15) is 0 Å². The van der Waals surface area contributed by atoms with Crippen LogP contribution in [0, 0.1) is 0 Å². The fourth-order valence-corrected chi connectivity index (χ4v) is 5.70. The Morgan fingerprint density at radius 2 is 1.72 bits per heavy atom. The Hall–Kier alpha value is -3.08. The summed E-state index contributed by atoms with van der Waals surface area (Å²) < 4.78 is 12.2. The predicted octanol–water partition coefficient (Wildman–Crippen LogP) is 8.20. The summed E-state index contributed by atoms with van der Waals surface area (Å²) in [7, 11) is 0. The van der Waals surface area contributed by atoms with Gasteiger partial charge in [0.25, 0.3) is 0 Å². The molecular weight excluding hydrogens is 468 g/mol. The number of pyridine rings is 1. The highest BCUT2D eigenvalue weighted by Gasteiger charge is 2.38. The second-order valence-electron chi connectivity index (χ2n) is 9.75. The first-order valence-electron chi connectivity index (χ1n) is 12.9. The number of hydrogen-bond acceptors (Lipinski definition) is 4. The topological polar surface area (TPSA) is 57.4 Å². The number of benzene rings is 3. The standard InChI is InChI=1S/C31H33ClN2O2/c1-2-29(33)31(16-7-4-8-17-31)24-11-13-25(14-12-24)36-28-19-23-15-18-34-30(26(23)20-27(28)32)35-21-22-9-5-3-6-10-22/h3,5-6,9-15,18-20,29H,2,4,7-8,16-17,21,33H2,1H3. The van der Waals surface area contributed by atoms with Crippen molar-refractivity contribution in [1.82, 2.24) is 4.98 Å². The Labute approximate surface area is 218 Å². The van der Waals surface area contributed by atoms with Gasteiger partial charge >= 0.3 is 0 Å². The first-order chi connectivity index (χ1) is 17.6. The molecule has 1 saturated carbocycles. The lowest BCUT2D eigenvalue weighted by Crippen LogP contribution is -2.46. The SMILES string of the molecule is CCC(N)C1(c2ccc(Oc3cc4ccnc(OCc5ccccc5)c4cc3Cl)cc2)CCCCC1. The maximum absolute atomic E-state index is 6.65. The normalized spacial score (nSPS) is 16.0. The van der Waals surface area contributed by atoms with Gasteiger partial charge in [0.1, 0.15) is 18.1 Å². The van der Waals surface area contributed by atoms with Gasteiger partial charge in [0.15, 0.2) is 0 Å². The highest BCUT2D eigenvalue weighted by atomic mass is 35.5. The Morgan fingerprint density at radius 1 is 0.972 bits per heavy atom. The molecule has 5 rings (SSSR count). The van der Waals surface area contributed by atoms with Crippen molar-refractivity contribution < 1.29 is 9.47 Å². The van der Waals surface area contributed by atoms with Crippen LogP contribution in [0.4, 0.5) is 0 Å². The molecule has 1 aromatic heterocycles. The zero-order valence-corrected chi connectivity index (χ0v) is 21.5. The summed E-state index contributed by atoms with van der Waals surface area (Å²) in [4.78, 5) is 4.43. The van der Waals surface area contributed by atoms with E-state index in [0.29, 0.717) is 23.3 Å². The molecule has 1 unspecified atom stereocenters. The van der Waals surface area contributed by atoms with Gasteiger partial charge in [0.05, 0.1) is 5.02 Å². The summed E-state index contributed by atoms with van der Waals surface area (Å²) in [5, 5.41) is 2.33. The molecule has 0 bridgehead atoms. The highest BCUT2D eigenvalue weighted by Crippen LogP contribution is 2.43. The largest absolute Gasteiger partial charge is 0.472 e. The molecular formula is C31H33ClN2O2. The summed E-state index contributed by atoms with van der Waals surface area (Å²) in [5.74, 6) is 1.92. The molecule has 36 heavy (non-hydrogen) atoms. The van der Waals surface area contributed by atoms with Gasteiger partial charge in [-0.05, 0) is 66.1 Å². The van der Waals surface area contributed by atoms with Gasteiger partial charge in [0, 0.05) is 23.0 Å². The Kier molecular flexibility index (Phi) is 7.45. The lowest BCUT2D eigenvalue weighted by molar-refractivity contribution is 0.238. The van der Waals surface area contributed by atoms with E-state index in [4.69, 9.17) is 26.8 Å². The van der Waals surface area contributed by atoms with Crippen LogP contribution in [0.25, 0.3) is 10.8 Å². The van der Waals surface area contributed by atoms with Gasteiger partial charge in [-0.25, -0.2) is 4.98 Å². The van der Waals surface area contributed by atoms with Crippen molar-refractivity contribution in [1.29, 1.82) is 0 Å². The zero-order valence-electron chi connectivity index (χ0n) is 20.8. The van der Waals surface area contributed by atoms with Crippen molar-refractivity contribution in [2.45, 2.75) is 63.5 Å². The molecule has 5 heteroatoms. The van der Waals surface area contributed by atoms with Gasteiger partial charge in [-0.15, -0.1) is 0 Å². The average Bonchev–Trinajstić information content (AvgIpc) is 2.93. The Bertz CT molecular complexity index is 1300. The first kappa shape index (κ1) is 24.6. The lowest BCUT2D eigenvalue weighted by Gasteiger charge is -2.42. The molecule has 2 N–H and O–H groups in total. The van der Waals surface area contributed by atoms with Crippen LogP contribution in [0.5, 0.6) is 17.4 Å². The van der Waals surface area contributed by atoms with Crippen LogP contribution in [0.1, 0.15) is 56.6 Å². The second kappa shape index (κ2) is 10.9. The number of fused-ring (bicyclic) bond motifs is 1. The van der Waals surface area contributed by atoms with Crippen LogP contribution >= 0.6 is 11.6 Å². The van der Waals surface area contributed by atoms with Crippen LogP contribution in [-0.4, -0.2) is 11.0 Å². The Balaban J connectivity index is 1.36. The quantitative estimate of drug-likeness (QED) is 0.265. The third kappa shape index (κ3) is 5.07. The van der Waals surface area contributed by atoms with Crippen molar-refractivity contribution in [3.05, 3.63) is 95.1 Å². The van der Waals surface area contributed by atoms with Crippen molar-refractivity contribution >= 4 is 22.4 Å². The van der Waals surface area contributed by atoms with E-state index in [1.165, 1.54) is 24.8 Å². The molecule has 1 aliphatic carbocycles. The number of aromatic nitrogens is 1. The number of nitrogens with zero attached hydrogens (tertiary/aromatic N) is 1. The number of rotatable bonds is 8. The summed E-state index contributed by atoms with van der Waals surface area (Å²) in [6.45, 7) is 2.63. The third-order valence-corrected chi connectivity index (χ3v) is 7.85. The Morgan fingerprint density at radius 3 is 2.44 bits per heavy atom. The van der Waals surface area contributed by atoms with E-state index in [2.05, 4.69) is 24.0 Å². The van der Waals surface area contributed by atoms with Crippen molar-refractivity contribution in [3.8, 4) is 17.4 Å². The molecule has 1 heterocycles. The van der Waals surface area contributed by atoms with Crippen LogP contribution in [-0.2, 0) is 12.0 Å². The smallest absolute Gasteiger partial charge is 0.221 e. The molecule has 1 fully saturated rings. The van der Waals surface area contributed by atoms with Gasteiger partial charge in [-0.3, -0.25) is 0 Å². The molecule has 0 spiro atoms. The number of ether oxygens (including phenoxy) is 2. The summed E-state index contributed by atoms with van der Waals surface area (Å²) in [6, 6.07) is 24.4. The van der Waals surface area contributed by atoms with E-state index < -0.39 is 0 Å². The maximum Gasteiger partial charge on any atom is 0.221 e. The van der Waals surface area contributed by atoms with Crippen molar-refractivity contribution in [2.24, 2.45) is 5.73 Å². The van der Waals surface area contributed by atoms with Crippen LogP contribution in [0.15, 0.2) is 79.0 Å². The number of halogens is 1. The average molecular weight is 501 g/mol. The van der Waals surface area contributed by atoms with Crippen molar-refractivity contribution in [2.75, 3.05) is 0 Å². The molecule has 4 aromatic rings. The van der Waals surface area contributed by atoms with Gasteiger partial charge in [-0.2, -0.15) is 0 Å². The molecule has 1 aliphatic rings. The fraction of sp³-hybridized carbons (Fsp3) is 0.323. The van der Waals surface area contributed by atoms with Crippen LogP contribution < -0.4 is 15.2 Å². The van der Waals surface area contributed by atoms with Crippen LogP contribution in [0.2, 0.25) is 5.02 Å². The molecule has 0 radical (unpaired) electrons. The summed E-state index contributed by atoms with van der Waals surface area (Å²) >= 11 is 6.65. The summed E-state index contributed by atoms with van der Waals surface area (Å²) in [6.07, 6.45) is 8.82. The minimum Gasteiger partial charge on any atom is -0.472 e. The number of hydrogen-bond donors (Lipinski definition) is 1. The van der Waals surface area contributed by atoms with Crippen molar-refractivity contribution in [3.63, 3.8) is 0 Å². The molecule has 4 nitrogen and oxygen atoms in total. The molecule has 0 aliphatic heterocycles. The minimum absolute atomic E-state index is 0.0648. The molecule has 1 atom stereocenters. The minimum atomic E-state index is 0.0648. The zero-order chi connectivity index (χ0) is 25.0. The molecule has 0 saturated heterocycles. The predicted molar refractivity (Wildman–Crippen MR) is 147 cm³/mol. The fourth-order valence-electron chi connectivity index (χ4n) is 5.50. The molecule has 186 valence electrons. The van der Waals surface area contributed by atoms with Gasteiger partial charge < -0.3 is 15.2 Å². The van der Waals surface area contributed by atoms with E-state index in [-0.39, 0.29) is 11.5 Å². The second-order valence-corrected chi connectivity index (χ2v) is 10.2. The monoisotopic (exact) mass is 500 g/mol. The lowest BCUT2D eigenvalue weighted by atomic mass is 9.64. The van der Waals surface area contributed by atoms with Gasteiger partial charge in [-0.1, -0.05) is 80.3 Å².